The fourth-order valence-electron chi connectivity index (χ4n) is 2.92. The monoisotopic (exact) mass is 357 g/mol. The van der Waals surface area contributed by atoms with Gasteiger partial charge in [-0.1, -0.05) is 6.07 Å². The van der Waals surface area contributed by atoms with Crippen LogP contribution < -0.4 is 10.1 Å². The lowest BCUT2D eigenvalue weighted by Crippen LogP contribution is -2.33. The number of benzene rings is 1. The van der Waals surface area contributed by atoms with E-state index in [1.807, 2.05) is 43.9 Å². The number of aromatic nitrogens is 2. The fourth-order valence-corrected chi connectivity index (χ4v) is 2.92. The molecule has 6 heteroatoms. The zero-order valence-electron chi connectivity index (χ0n) is 15.7. The molecule has 3 rings (SSSR count). The molecule has 1 aliphatic heterocycles. The van der Waals surface area contributed by atoms with Gasteiger partial charge in [-0.25, -0.2) is 4.79 Å². The summed E-state index contributed by atoms with van der Waals surface area (Å²) in [6.07, 6.45) is 6.47. The van der Waals surface area contributed by atoms with Gasteiger partial charge in [0.2, 0.25) is 0 Å². The average molecular weight is 357 g/mol. The van der Waals surface area contributed by atoms with E-state index in [0.717, 1.165) is 49.3 Å². The number of fused-ring (bicyclic) bond motifs is 1. The van der Waals surface area contributed by atoms with Crippen LogP contribution in [-0.2, 0) is 17.7 Å². The Bertz CT molecular complexity index is 762. The first-order chi connectivity index (χ1) is 12.4. The van der Waals surface area contributed by atoms with Crippen molar-refractivity contribution < 1.29 is 14.3 Å². The molecule has 0 bridgehead atoms. The van der Waals surface area contributed by atoms with E-state index in [2.05, 4.69) is 22.5 Å². The number of carbonyl (C=O) groups is 1. The molecule has 0 saturated heterocycles. The van der Waals surface area contributed by atoms with Crippen molar-refractivity contribution in [1.29, 1.82) is 0 Å². The number of amides is 1. The first-order valence-corrected chi connectivity index (χ1v) is 9.16. The van der Waals surface area contributed by atoms with Gasteiger partial charge in [0.05, 0.1) is 12.8 Å². The maximum atomic E-state index is 11.6. The van der Waals surface area contributed by atoms with Gasteiger partial charge in [-0.15, -0.1) is 0 Å². The topological polar surface area (TPSA) is 65.4 Å². The summed E-state index contributed by atoms with van der Waals surface area (Å²) in [7, 11) is 0. The number of hydrogen-bond acceptors (Lipinski definition) is 4. The van der Waals surface area contributed by atoms with Crippen molar-refractivity contribution in [3.8, 4) is 16.9 Å². The van der Waals surface area contributed by atoms with Gasteiger partial charge in [0.15, 0.2) is 0 Å². The van der Waals surface area contributed by atoms with Gasteiger partial charge in [0.1, 0.15) is 11.4 Å². The molecule has 1 N–H and O–H groups in total. The highest BCUT2D eigenvalue weighted by Crippen LogP contribution is 2.29. The minimum Gasteiger partial charge on any atom is -0.493 e. The highest BCUT2D eigenvalue weighted by atomic mass is 16.6. The number of ether oxygens (including phenoxy) is 2. The van der Waals surface area contributed by atoms with Gasteiger partial charge < -0.3 is 14.8 Å². The zero-order valence-corrected chi connectivity index (χ0v) is 15.7. The van der Waals surface area contributed by atoms with E-state index < -0.39 is 5.60 Å². The molecule has 0 radical (unpaired) electrons. The Morgan fingerprint density at radius 3 is 3.00 bits per heavy atom. The molecule has 0 atom stereocenters. The number of hydrogen-bond donors (Lipinski definition) is 1. The maximum Gasteiger partial charge on any atom is 0.407 e. The molecular formula is C20H27N3O3. The van der Waals surface area contributed by atoms with Gasteiger partial charge in [0.25, 0.3) is 0 Å². The minimum absolute atomic E-state index is 0.380. The molecule has 2 heterocycles. The predicted octanol–water partition coefficient (Wildman–Crippen LogP) is 3.79. The van der Waals surface area contributed by atoms with Crippen LogP contribution >= 0.6 is 0 Å². The van der Waals surface area contributed by atoms with Crippen LogP contribution in [0.15, 0.2) is 30.6 Å². The molecular weight excluding hydrogens is 330 g/mol. The summed E-state index contributed by atoms with van der Waals surface area (Å²) >= 11 is 0. The van der Waals surface area contributed by atoms with Crippen molar-refractivity contribution in [2.24, 2.45) is 0 Å². The van der Waals surface area contributed by atoms with Gasteiger partial charge in [-0.05, 0) is 63.3 Å². The van der Waals surface area contributed by atoms with Gasteiger partial charge in [0, 0.05) is 24.8 Å². The smallest absolute Gasteiger partial charge is 0.407 e. The quantitative estimate of drug-likeness (QED) is 0.827. The van der Waals surface area contributed by atoms with Crippen molar-refractivity contribution in [2.75, 3.05) is 13.2 Å². The SMILES string of the molecule is CC(C)(C)OC(=O)NCCCn1cc(-c2ccc3c(c2)CCCO3)cn1. The lowest BCUT2D eigenvalue weighted by Gasteiger charge is -2.19. The van der Waals surface area contributed by atoms with Crippen LogP contribution in [0.25, 0.3) is 11.1 Å². The lowest BCUT2D eigenvalue weighted by molar-refractivity contribution is 0.0526. The second-order valence-corrected chi connectivity index (χ2v) is 7.55. The molecule has 0 saturated carbocycles. The number of alkyl carbamates (subject to hydrolysis) is 1. The van der Waals surface area contributed by atoms with Crippen molar-refractivity contribution >= 4 is 6.09 Å². The summed E-state index contributed by atoms with van der Waals surface area (Å²) in [5, 5.41) is 7.19. The summed E-state index contributed by atoms with van der Waals surface area (Å²) in [5.41, 5.74) is 3.05. The van der Waals surface area contributed by atoms with E-state index in [-0.39, 0.29) is 6.09 Å². The van der Waals surface area contributed by atoms with Crippen LogP contribution in [0.2, 0.25) is 0 Å². The van der Waals surface area contributed by atoms with Crippen molar-refractivity contribution in [2.45, 2.75) is 52.2 Å². The molecule has 1 aliphatic rings. The Kier molecular flexibility index (Phi) is 5.49. The highest BCUT2D eigenvalue weighted by Gasteiger charge is 2.15. The second kappa shape index (κ2) is 7.81. The normalized spacial score (nSPS) is 13.7. The number of carbonyl (C=O) groups excluding carboxylic acids is 1. The van der Waals surface area contributed by atoms with Gasteiger partial charge >= 0.3 is 6.09 Å². The Labute approximate surface area is 154 Å². The van der Waals surface area contributed by atoms with Crippen molar-refractivity contribution in [1.82, 2.24) is 15.1 Å². The molecule has 0 fully saturated rings. The zero-order chi connectivity index (χ0) is 18.6. The van der Waals surface area contributed by atoms with Crippen LogP contribution in [-0.4, -0.2) is 34.6 Å². The van der Waals surface area contributed by atoms with E-state index in [1.54, 1.807) is 0 Å². The molecule has 1 aromatic carbocycles. The minimum atomic E-state index is -0.471. The first kappa shape index (κ1) is 18.3. The molecule has 140 valence electrons. The number of rotatable bonds is 5. The van der Waals surface area contributed by atoms with Gasteiger partial charge in [-0.3, -0.25) is 4.68 Å². The third-order valence-electron chi connectivity index (χ3n) is 4.11. The highest BCUT2D eigenvalue weighted by molar-refractivity contribution is 5.67. The second-order valence-electron chi connectivity index (χ2n) is 7.55. The molecule has 26 heavy (non-hydrogen) atoms. The van der Waals surface area contributed by atoms with E-state index in [0.29, 0.717) is 6.54 Å². The van der Waals surface area contributed by atoms with Crippen LogP contribution in [0.5, 0.6) is 5.75 Å². The molecule has 0 aliphatic carbocycles. The molecule has 0 unspecified atom stereocenters. The fraction of sp³-hybridized carbons (Fsp3) is 0.500. The predicted molar refractivity (Wildman–Crippen MR) is 100 cm³/mol. The number of aryl methyl sites for hydroxylation is 2. The maximum absolute atomic E-state index is 11.6. The Balaban J connectivity index is 1.50. The van der Waals surface area contributed by atoms with Crippen molar-refractivity contribution in [3.63, 3.8) is 0 Å². The average Bonchev–Trinajstić information content (AvgIpc) is 3.06. The van der Waals surface area contributed by atoms with Crippen molar-refractivity contribution in [3.05, 3.63) is 36.2 Å². The first-order valence-electron chi connectivity index (χ1n) is 9.16. The number of nitrogens with one attached hydrogen (secondary N) is 1. The Hall–Kier alpha value is -2.50. The molecule has 0 spiro atoms. The summed E-state index contributed by atoms with van der Waals surface area (Å²) < 4.78 is 12.8. The molecule has 6 nitrogen and oxygen atoms in total. The third kappa shape index (κ3) is 5.00. The summed E-state index contributed by atoms with van der Waals surface area (Å²) in [5.74, 6) is 1.00. The van der Waals surface area contributed by atoms with E-state index in [9.17, 15) is 4.79 Å². The van der Waals surface area contributed by atoms with E-state index in [4.69, 9.17) is 9.47 Å². The van der Waals surface area contributed by atoms with Crippen LogP contribution in [0.4, 0.5) is 4.79 Å². The van der Waals surface area contributed by atoms with Crippen LogP contribution in [0, 0.1) is 0 Å². The molecule has 2 aromatic rings. The van der Waals surface area contributed by atoms with E-state index in [1.165, 1.54) is 5.56 Å². The largest absolute Gasteiger partial charge is 0.493 e. The van der Waals surface area contributed by atoms with Crippen LogP contribution in [0.3, 0.4) is 0 Å². The summed E-state index contributed by atoms with van der Waals surface area (Å²) in [4.78, 5) is 11.6. The summed E-state index contributed by atoms with van der Waals surface area (Å²) in [6, 6.07) is 6.32. The summed E-state index contributed by atoms with van der Waals surface area (Å²) in [6.45, 7) is 7.66. The molecule has 1 aromatic heterocycles. The Morgan fingerprint density at radius 1 is 1.35 bits per heavy atom. The van der Waals surface area contributed by atoms with Gasteiger partial charge in [-0.2, -0.15) is 5.10 Å². The van der Waals surface area contributed by atoms with E-state index >= 15 is 0 Å². The van der Waals surface area contributed by atoms with Crippen LogP contribution in [0.1, 0.15) is 39.2 Å². The molecule has 1 amide bonds. The lowest BCUT2D eigenvalue weighted by atomic mass is 10.0. The standard InChI is InChI=1S/C20H27N3O3/c1-20(2,3)26-19(24)21-9-5-10-23-14-17(13-22-23)15-7-8-18-16(12-15)6-4-11-25-18/h7-8,12-14H,4-6,9-11H2,1-3H3,(H,21,24). The Morgan fingerprint density at radius 2 is 2.19 bits per heavy atom. The third-order valence-corrected chi connectivity index (χ3v) is 4.11. The number of nitrogens with zero attached hydrogens (tertiary/aromatic N) is 2.